The Morgan fingerprint density at radius 1 is 0.909 bits per heavy atom. The Balaban J connectivity index is -0.000000249. The number of hydrogen-bond acceptors (Lipinski definition) is 0. The first-order valence-corrected chi connectivity index (χ1v) is 12.3. The molecule has 0 saturated heterocycles. The molecule has 0 aromatic carbocycles. The molecule has 0 heterocycles. The first kappa shape index (κ1) is 27.3. The second kappa shape index (κ2) is 16.3. The Morgan fingerprint density at radius 2 is 1.18 bits per heavy atom. The maximum absolute atomic E-state index is 3.28. The molecule has 2 aliphatic carbocycles. The van der Waals surface area contributed by atoms with Gasteiger partial charge in [0, 0.05) is 0 Å². The quantitative estimate of drug-likeness (QED) is 0.450. The molecule has 0 N–H and O–H groups in total. The third-order valence-electron chi connectivity index (χ3n) is 2.79. The van der Waals surface area contributed by atoms with E-state index in [9.17, 15) is 0 Å². The predicted octanol–water partition coefficient (Wildman–Crippen LogP) is -0.256. The second-order valence-corrected chi connectivity index (χ2v) is 12.1. The van der Waals surface area contributed by atoms with Crippen LogP contribution in [0.1, 0.15) is 53.4 Å². The molecule has 0 bridgehead atoms. The summed E-state index contributed by atoms with van der Waals surface area (Å²) in [6, 6.07) is 0. The van der Waals surface area contributed by atoms with E-state index in [4.69, 9.17) is 0 Å². The summed E-state index contributed by atoms with van der Waals surface area (Å²) in [5.41, 5.74) is 5.65. The molecule has 0 aliphatic heterocycles. The minimum absolute atomic E-state index is 0. The molecule has 124 valence electrons. The fourth-order valence-corrected chi connectivity index (χ4v) is 1.76. The standard InChI is InChI=1S/2C8H11.C2H6Si.2ClH.Ti/c2*1-3-8-5-4-7(2)6-8;1-3-2;;;/h2*6H,3-4H2,1-2H3;1-2H3;2*1H;/q2*-1;;;;+2/p-2. The van der Waals surface area contributed by atoms with Crippen molar-refractivity contribution in [2.24, 2.45) is 0 Å². The van der Waals surface area contributed by atoms with Gasteiger partial charge in [0.2, 0.25) is 0 Å². The Morgan fingerprint density at radius 3 is 1.27 bits per heavy atom. The normalized spacial score (nSPS) is 14.5. The monoisotopic (exact) mass is 390 g/mol. The predicted molar refractivity (Wildman–Crippen MR) is 88.3 cm³/mol. The first-order chi connectivity index (χ1) is 9.38. The van der Waals surface area contributed by atoms with Crippen molar-refractivity contribution in [1.29, 1.82) is 0 Å². The van der Waals surface area contributed by atoms with Crippen LogP contribution in [0.3, 0.4) is 0 Å². The molecular weight excluding hydrogens is 363 g/mol. The van der Waals surface area contributed by atoms with Crippen molar-refractivity contribution in [3.05, 3.63) is 46.6 Å². The van der Waals surface area contributed by atoms with Crippen LogP contribution in [0.5, 0.6) is 0 Å². The van der Waals surface area contributed by atoms with Crippen molar-refractivity contribution >= 4 is 6.19 Å². The van der Waals surface area contributed by atoms with Crippen LogP contribution in [0.15, 0.2) is 34.4 Å². The molecular formula is C18H28Cl2SiTi-2. The van der Waals surface area contributed by atoms with Crippen molar-refractivity contribution in [3.63, 3.8) is 0 Å². The van der Waals surface area contributed by atoms with Gasteiger partial charge < -0.3 is 24.8 Å². The fraction of sp³-hybridized carbons (Fsp3) is 0.556. The summed E-state index contributed by atoms with van der Waals surface area (Å²) >= 11 is 2.27. The Labute approximate surface area is 162 Å². The van der Waals surface area contributed by atoms with E-state index in [2.05, 4.69) is 84.3 Å². The Kier molecular flexibility index (Phi) is 20.3. The van der Waals surface area contributed by atoms with Crippen LogP contribution in [0, 0.1) is 12.2 Å². The molecule has 0 unspecified atom stereocenters. The van der Waals surface area contributed by atoms with Crippen LogP contribution in [0.4, 0.5) is 0 Å². The van der Waals surface area contributed by atoms with E-state index in [0.717, 1.165) is 25.7 Å². The molecule has 22 heavy (non-hydrogen) atoms. The molecule has 0 aromatic rings. The summed E-state index contributed by atoms with van der Waals surface area (Å²) < 4.78 is 0. The van der Waals surface area contributed by atoms with Crippen molar-refractivity contribution in [3.8, 4) is 0 Å². The zero-order chi connectivity index (χ0) is 15.5. The zero-order valence-electron chi connectivity index (χ0n) is 14.7. The van der Waals surface area contributed by atoms with Crippen molar-refractivity contribution in [2.75, 3.05) is 0 Å². The van der Waals surface area contributed by atoms with Crippen molar-refractivity contribution in [1.82, 2.24) is 0 Å². The molecule has 4 heteroatoms. The molecule has 0 saturated carbocycles. The van der Waals surface area contributed by atoms with Gasteiger partial charge in [-0.1, -0.05) is 40.5 Å². The molecule has 0 spiro atoms. The maximum atomic E-state index is 3.28. The molecule has 0 atom stereocenters. The van der Waals surface area contributed by atoms with Gasteiger partial charge >= 0.3 is 38.5 Å². The zero-order valence-corrected chi connectivity index (χ0v) is 18.8. The van der Waals surface area contributed by atoms with E-state index in [0.29, 0.717) is 0 Å². The van der Waals surface area contributed by atoms with Crippen LogP contribution < -0.4 is 24.8 Å². The Hall–Kier alpha value is 0.471. The molecule has 0 aromatic heterocycles. The summed E-state index contributed by atoms with van der Waals surface area (Å²) in [7, 11) is 0. The summed E-state index contributed by atoms with van der Waals surface area (Å²) in [6.07, 6.45) is 15.5. The summed E-state index contributed by atoms with van der Waals surface area (Å²) in [5.74, 6) is 0. The van der Waals surface area contributed by atoms with Gasteiger partial charge in [0.05, 0.1) is 0 Å². The number of halogens is 2. The molecule has 0 amide bonds. The number of hydrogen-bond donors (Lipinski definition) is 0. The third kappa shape index (κ3) is 15.4. The molecule has 0 fully saturated rings. The number of rotatable bonds is 2. The molecule has 2 rings (SSSR count). The van der Waals surface area contributed by atoms with Crippen LogP contribution in [-0.4, -0.2) is 6.19 Å². The second-order valence-electron chi connectivity index (χ2n) is 5.45. The SMILES string of the molecule is CCC1=[C-]CC(C)=C1.CCC1=[C-]CC(C)=C1.C[Si](C)=[Ti+2].[Cl-].[Cl-]. The molecule has 2 aliphatic rings. The van der Waals surface area contributed by atoms with E-state index < -0.39 is 0 Å². The molecule has 0 radical (unpaired) electrons. The Bertz CT molecular complexity index is 406. The fourth-order valence-electron chi connectivity index (χ4n) is 1.76. The van der Waals surface area contributed by atoms with Gasteiger partial charge in [-0.3, -0.25) is 12.2 Å². The van der Waals surface area contributed by atoms with Crippen molar-refractivity contribution < 1.29 is 44.0 Å². The van der Waals surface area contributed by atoms with E-state index in [-0.39, 0.29) is 31.0 Å². The van der Waals surface area contributed by atoms with E-state index in [1.165, 1.54) is 22.3 Å². The van der Waals surface area contributed by atoms with E-state index >= 15 is 0 Å². The van der Waals surface area contributed by atoms with Gasteiger partial charge in [-0.05, 0) is 0 Å². The average molecular weight is 391 g/mol. The largest absolute Gasteiger partial charge is 1.00 e. The van der Waals surface area contributed by atoms with E-state index in [1.807, 2.05) is 0 Å². The van der Waals surface area contributed by atoms with Crippen LogP contribution in [0.2, 0.25) is 13.1 Å². The average Bonchev–Trinajstić information content (AvgIpc) is 2.97. The van der Waals surface area contributed by atoms with Crippen LogP contribution >= 0.6 is 0 Å². The summed E-state index contributed by atoms with van der Waals surface area (Å²) in [4.78, 5) is 0. The number of allylic oxidation sites excluding steroid dienone is 8. The topological polar surface area (TPSA) is 0 Å². The summed E-state index contributed by atoms with van der Waals surface area (Å²) in [6.45, 7) is 13.2. The maximum Gasteiger partial charge on any atom is -1.00 e. The van der Waals surface area contributed by atoms with Crippen LogP contribution in [-0.2, 0) is 19.2 Å². The van der Waals surface area contributed by atoms with E-state index in [1.54, 1.807) is 0 Å². The van der Waals surface area contributed by atoms with Crippen LogP contribution in [0.25, 0.3) is 0 Å². The van der Waals surface area contributed by atoms with Crippen molar-refractivity contribution in [2.45, 2.75) is 66.5 Å². The summed E-state index contributed by atoms with van der Waals surface area (Å²) in [5, 5.41) is 0. The van der Waals surface area contributed by atoms with Gasteiger partial charge in [-0.25, -0.2) is 23.3 Å². The smallest absolute Gasteiger partial charge is 1.00 e. The minimum atomic E-state index is 0. The van der Waals surface area contributed by atoms with Gasteiger partial charge in [0.15, 0.2) is 0 Å². The first-order valence-electron chi connectivity index (χ1n) is 7.44. The van der Waals surface area contributed by atoms with Gasteiger partial charge in [-0.2, -0.15) is 11.1 Å². The molecule has 0 nitrogen and oxygen atoms in total. The van der Waals surface area contributed by atoms with Gasteiger partial charge in [0.25, 0.3) is 0 Å². The third-order valence-corrected chi connectivity index (χ3v) is 2.79. The van der Waals surface area contributed by atoms with Gasteiger partial charge in [-0.15, -0.1) is 12.8 Å². The minimum Gasteiger partial charge on any atom is -1.00 e. The van der Waals surface area contributed by atoms with Gasteiger partial charge in [0.1, 0.15) is 0 Å².